The molecule has 0 radical (unpaired) electrons. The largest absolute Gasteiger partial charge is 0.480 e. The molecule has 0 aliphatic carbocycles. The molecule has 1 saturated heterocycles. The fourth-order valence-corrected chi connectivity index (χ4v) is 6.94. The van der Waals surface area contributed by atoms with Crippen LogP contribution in [0.1, 0.15) is 78.7 Å². The lowest BCUT2D eigenvalue weighted by Gasteiger charge is -2.41. The number of rotatable bonds is 18. The van der Waals surface area contributed by atoms with E-state index in [9.17, 15) is 29.1 Å². The Labute approximate surface area is 298 Å². The Hall–Kier alpha value is -3.71. The highest BCUT2D eigenvalue weighted by Crippen LogP contribution is 2.30. The maximum atomic E-state index is 14.1. The van der Waals surface area contributed by atoms with E-state index in [1.54, 1.807) is 44.8 Å². The van der Waals surface area contributed by atoms with Gasteiger partial charge in [-0.15, -0.1) is 0 Å². The molecule has 3 N–H and O–H groups in total. The fourth-order valence-electron chi connectivity index (χ4n) is 6.94. The number of likely N-dealkylation sites (N-methyl/N-ethyl adjacent to an activating group) is 1. The summed E-state index contributed by atoms with van der Waals surface area (Å²) < 4.78 is 11.8. The van der Waals surface area contributed by atoms with Gasteiger partial charge in [-0.3, -0.25) is 14.4 Å². The third kappa shape index (κ3) is 10.6. The number of nitrogens with zero attached hydrogens (tertiary/aromatic N) is 3. The number of amides is 5. The standard InChI is InChI=1S/C37H61N5O8/c1-12-23(4)32(41(9)35(45)30(22(2)3)39-37(48)40(7)8)28(49-10)21-29(43)42-20-16-19-27(42)33(50-11)25(6)34(44)38-31(36(46)47)24(5)26-17-14-13-15-18-26/h13-15,17-18,22-25,27-28,30-33H,12,16,19-21H2,1-11H3,(H,38,44)(H,39,48)(H,46,47)/t23-,24?,25+,27-,28+,30-,31?,32-,33+/m0/s1. The molecule has 2 rings (SSSR count). The zero-order chi connectivity index (χ0) is 37.9. The predicted molar refractivity (Wildman–Crippen MR) is 191 cm³/mol. The maximum Gasteiger partial charge on any atom is 0.326 e. The van der Waals surface area contributed by atoms with Gasteiger partial charge >= 0.3 is 12.0 Å². The van der Waals surface area contributed by atoms with Crippen molar-refractivity contribution in [3.05, 3.63) is 35.9 Å². The maximum absolute atomic E-state index is 14.1. The van der Waals surface area contributed by atoms with Gasteiger partial charge in [0.1, 0.15) is 12.1 Å². The molecule has 0 spiro atoms. The number of carboxylic acids is 1. The van der Waals surface area contributed by atoms with Crippen LogP contribution >= 0.6 is 0 Å². The highest BCUT2D eigenvalue weighted by atomic mass is 16.5. The van der Waals surface area contributed by atoms with E-state index < -0.39 is 60.1 Å². The van der Waals surface area contributed by atoms with E-state index in [0.29, 0.717) is 19.4 Å². The molecule has 1 fully saturated rings. The van der Waals surface area contributed by atoms with E-state index in [2.05, 4.69) is 10.6 Å². The van der Waals surface area contributed by atoms with Crippen molar-refractivity contribution in [3.63, 3.8) is 0 Å². The first-order valence-corrected chi connectivity index (χ1v) is 17.7. The third-order valence-corrected chi connectivity index (χ3v) is 10.3. The smallest absolute Gasteiger partial charge is 0.326 e. The van der Waals surface area contributed by atoms with Gasteiger partial charge in [0.15, 0.2) is 0 Å². The molecular weight excluding hydrogens is 642 g/mol. The second kappa shape index (κ2) is 19.6. The molecule has 13 heteroatoms. The van der Waals surface area contributed by atoms with Crippen LogP contribution in [0.5, 0.6) is 0 Å². The Balaban J connectivity index is 2.27. The molecule has 0 saturated carbocycles. The number of carboxylic acid groups (broad SMARTS) is 1. The van der Waals surface area contributed by atoms with Crippen molar-refractivity contribution in [3.8, 4) is 0 Å². The van der Waals surface area contributed by atoms with E-state index in [0.717, 1.165) is 12.0 Å². The molecule has 1 aromatic carbocycles. The Morgan fingerprint density at radius 3 is 2.06 bits per heavy atom. The van der Waals surface area contributed by atoms with Gasteiger partial charge in [-0.25, -0.2) is 9.59 Å². The summed E-state index contributed by atoms with van der Waals surface area (Å²) in [5.41, 5.74) is 0.789. The summed E-state index contributed by atoms with van der Waals surface area (Å²) in [4.78, 5) is 71.0. The number of carbonyl (C=O) groups excluding carboxylic acids is 4. The van der Waals surface area contributed by atoms with Gasteiger partial charge in [0.05, 0.1) is 36.6 Å². The summed E-state index contributed by atoms with van der Waals surface area (Å²) in [6.07, 6.45) is 0.686. The van der Waals surface area contributed by atoms with Gasteiger partial charge in [-0.1, -0.05) is 78.3 Å². The lowest BCUT2D eigenvalue weighted by molar-refractivity contribution is -0.148. The van der Waals surface area contributed by atoms with Crippen molar-refractivity contribution >= 4 is 29.7 Å². The first kappa shape index (κ1) is 42.5. The Morgan fingerprint density at radius 2 is 1.56 bits per heavy atom. The summed E-state index contributed by atoms with van der Waals surface area (Å²) in [6, 6.07) is 5.96. The Morgan fingerprint density at radius 1 is 0.940 bits per heavy atom. The SMILES string of the molecule is CC[C@H](C)[C@@H]([C@@H](CC(=O)N1CCC[C@H]1[C@H](OC)[C@@H](C)C(=O)NC(C(=O)O)C(C)c1ccccc1)OC)N(C)C(=O)[C@@H](NC(=O)N(C)C)C(C)C. The number of ether oxygens (including phenoxy) is 2. The molecule has 1 heterocycles. The minimum Gasteiger partial charge on any atom is -0.480 e. The minimum absolute atomic E-state index is 0.0112. The number of methoxy groups -OCH3 is 2. The van der Waals surface area contributed by atoms with Gasteiger partial charge < -0.3 is 39.9 Å². The molecule has 1 aliphatic heterocycles. The molecular formula is C37H61N5O8. The van der Waals surface area contributed by atoms with Crippen molar-refractivity contribution in [2.45, 2.75) is 110 Å². The van der Waals surface area contributed by atoms with Gasteiger partial charge in [0, 0.05) is 47.8 Å². The second-order valence-electron chi connectivity index (χ2n) is 14.2. The van der Waals surface area contributed by atoms with Crippen molar-refractivity contribution in [2.24, 2.45) is 17.8 Å². The lowest BCUT2D eigenvalue weighted by Crippen LogP contribution is -2.58. The van der Waals surface area contributed by atoms with Crippen LogP contribution in [0, 0.1) is 17.8 Å². The second-order valence-corrected chi connectivity index (χ2v) is 14.2. The zero-order valence-electron chi connectivity index (χ0n) is 31.8. The average Bonchev–Trinajstić information content (AvgIpc) is 3.58. The van der Waals surface area contributed by atoms with Crippen LogP contribution in [0.3, 0.4) is 0 Å². The first-order valence-electron chi connectivity index (χ1n) is 17.7. The number of urea groups is 1. The average molecular weight is 704 g/mol. The number of hydrogen-bond donors (Lipinski definition) is 3. The summed E-state index contributed by atoms with van der Waals surface area (Å²) in [7, 11) is 7.94. The van der Waals surface area contributed by atoms with Crippen LogP contribution in [-0.2, 0) is 28.7 Å². The van der Waals surface area contributed by atoms with Crippen LogP contribution in [-0.4, -0.2) is 128 Å². The molecule has 9 atom stereocenters. The summed E-state index contributed by atoms with van der Waals surface area (Å²) in [5, 5.41) is 15.6. The van der Waals surface area contributed by atoms with E-state index in [4.69, 9.17) is 9.47 Å². The van der Waals surface area contributed by atoms with Crippen molar-refractivity contribution < 1.29 is 38.6 Å². The molecule has 5 amide bonds. The van der Waals surface area contributed by atoms with Gasteiger partial charge in [0.25, 0.3) is 0 Å². The van der Waals surface area contributed by atoms with E-state index in [1.807, 2.05) is 58.0 Å². The number of likely N-dealkylation sites (tertiary alicyclic amines) is 1. The number of hydrogen-bond acceptors (Lipinski definition) is 7. The van der Waals surface area contributed by atoms with Crippen molar-refractivity contribution in [1.29, 1.82) is 0 Å². The van der Waals surface area contributed by atoms with Crippen LogP contribution in [0.15, 0.2) is 30.3 Å². The molecule has 13 nitrogen and oxygen atoms in total. The molecule has 50 heavy (non-hydrogen) atoms. The highest BCUT2D eigenvalue weighted by Gasteiger charge is 2.43. The summed E-state index contributed by atoms with van der Waals surface area (Å²) >= 11 is 0. The number of carbonyl (C=O) groups is 5. The van der Waals surface area contributed by atoms with Crippen LogP contribution in [0.2, 0.25) is 0 Å². The predicted octanol–water partition coefficient (Wildman–Crippen LogP) is 3.58. The van der Waals surface area contributed by atoms with Gasteiger partial charge in [-0.05, 0) is 30.2 Å². The van der Waals surface area contributed by atoms with Gasteiger partial charge in [0.2, 0.25) is 17.7 Å². The van der Waals surface area contributed by atoms with Crippen molar-refractivity contribution in [2.75, 3.05) is 41.9 Å². The normalized spacial score (nSPS) is 19.4. The minimum atomic E-state index is -1.16. The lowest BCUT2D eigenvalue weighted by atomic mass is 9.89. The van der Waals surface area contributed by atoms with Crippen molar-refractivity contribution in [1.82, 2.24) is 25.3 Å². The molecule has 0 bridgehead atoms. The van der Waals surface area contributed by atoms with Gasteiger partial charge in [-0.2, -0.15) is 0 Å². The van der Waals surface area contributed by atoms with Crippen LogP contribution < -0.4 is 10.6 Å². The monoisotopic (exact) mass is 703 g/mol. The van der Waals surface area contributed by atoms with Crippen LogP contribution in [0.4, 0.5) is 4.79 Å². The topological polar surface area (TPSA) is 158 Å². The molecule has 1 aliphatic rings. The first-order chi connectivity index (χ1) is 23.5. The number of aliphatic carboxylic acids is 1. The molecule has 282 valence electrons. The fraction of sp³-hybridized carbons (Fsp3) is 0.703. The van der Waals surface area contributed by atoms with Crippen LogP contribution in [0.25, 0.3) is 0 Å². The zero-order valence-corrected chi connectivity index (χ0v) is 31.8. The van der Waals surface area contributed by atoms with E-state index >= 15 is 0 Å². The molecule has 0 aromatic heterocycles. The molecule has 2 unspecified atom stereocenters. The van der Waals surface area contributed by atoms with E-state index in [1.165, 1.54) is 19.1 Å². The Kier molecular flexibility index (Phi) is 16.7. The Bertz CT molecular complexity index is 1280. The number of benzene rings is 1. The van der Waals surface area contributed by atoms with E-state index in [-0.39, 0.29) is 36.1 Å². The summed E-state index contributed by atoms with van der Waals surface area (Å²) in [6.45, 7) is 11.7. The summed E-state index contributed by atoms with van der Waals surface area (Å²) in [5.74, 6) is -3.54. The third-order valence-electron chi connectivity index (χ3n) is 10.3. The highest BCUT2D eigenvalue weighted by molar-refractivity contribution is 5.88. The number of nitrogens with one attached hydrogen (secondary N) is 2. The molecule has 1 aromatic rings. The quantitative estimate of drug-likeness (QED) is 0.210.